The first-order valence-corrected chi connectivity index (χ1v) is 8.09. The summed E-state index contributed by atoms with van der Waals surface area (Å²) in [7, 11) is 4.95. The van der Waals surface area contributed by atoms with Crippen LogP contribution in [0.4, 0.5) is 0 Å². The maximum Gasteiger partial charge on any atom is 0.130 e. The van der Waals surface area contributed by atoms with Gasteiger partial charge in [0, 0.05) is 24.7 Å². The summed E-state index contributed by atoms with van der Waals surface area (Å²) >= 11 is 0. The van der Waals surface area contributed by atoms with Gasteiger partial charge in [-0.05, 0) is 31.9 Å². The minimum Gasteiger partial charge on any atom is -0.496 e. The predicted octanol–water partition coefficient (Wildman–Crippen LogP) is 4.18. The van der Waals surface area contributed by atoms with E-state index in [1.807, 2.05) is 12.1 Å². The molecule has 0 unspecified atom stereocenters. The Morgan fingerprint density at radius 1 is 0.917 bits per heavy atom. The summed E-state index contributed by atoms with van der Waals surface area (Å²) in [5, 5.41) is 3.57. The molecule has 0 bridgehead atoms. The monoisotopic (exact) mass is 329 g/mol. The van der Waals surface area contributed by atoms with Crippen molar-refractivity contribution in [2.24, 2.45) is 0 Å². The van der Waals surface area contributed by atoms with Crippen LogP contribution in [0.1, 0.15) is 35.2 Å². The highest BCUT2D eigenvalue weighted by Gasteiger charge is 2.15. The van der Waals surface area contributed by atoms with Gasteiger partial charge < -0.3 is 19.5 Å². The Kier molecular flexibility index (Phi) is 6.10. The molecule has 0 amide bonds. The molecule has 0 aliphatic rings. The standard InChI is InChI=1S/C20H27NO3/c1-13-7-8-14(2)17(9-13)15(3)21-12-18-19(23-5)10-16(22-4)11-20(18)24-6/h7-11,15,21H,12H2,1-6H3/t15-/m0/s1. The molecular weight excluding hydrogens is 302 g/mol. The van der Waals surface area contributed by atoms with Crippen molar-refractivity contribution in [3.05, 3.63) is 52.6 Å². The molecule has 1 N–H and O–H groups in total. The second-order valence-corrected chi connectivity index (χ2v) is 5.97. The summed E-state index contributed by atoms with van der Waals surface area (Å²) in [6.07, 6.45) is 0. The Bertz CT molecular complexity index is 672. The zero-order valence-corrected chi connectivity index (χ0v) is 15.4. The molecule has 1 atom stereocenters. The van der Waals surface area contributed by atoms with Gasteiger partial charge in [0.05, 0.1) is 26.9 Å². The maximum atomic E-state index is 5.51. The maximum absolute atomic E-state index is 5.51. The quantitative estimate of drug-likeness (QED) is 0.827. The summed E-state index contributed by atoms with van der Waals surface area (Å²) in [6.45, 7) is 7.07. The Balaban J connectivity index is 2.23. The molecule has 0 radical (unpaired) electrons. The fourth-order valence-electron chi connectivity index (χ4n) is 2.84. The highest BCUT2D eigenvalue weighted by molar-refractivity contribution is 5.50. The van der Waals surface area contributed by atoms with Crippen LogP contribution in [0, 0.1) is 13.8 Å². The molecule has 0 aromatic heterocycles. The minimum absolute atomic E-state index is 0.224. The van der Waals surface area contributed by atoms with Crippen molar-refractivity contribution in [2.45, 2.75) is 33.4 Å². The van der Waals surface area contributed by atoms with Gasteiger partial charge in [-0.2, -0.15) is 0 Å². The summed E-state index contributed by atoms with van der Waals surface area (Å²) < 4.78 is 16.3. The number of aryl methyl sites for hydroxylation is 2. The average Bonchev–Trinajstić information content (AvgIpc) is 2.60. The van der Waals surface area contributed by atoms with Crippen molar-refractivity contribution in [1.82, 2.24) is 5.32 Å². The average molecular weight is 329 g/mol. The Labute approximate surface area is 144 Å². The lowest BCUT2D eigenvalue weighted by molar-refractivity contribution is 0.365. The van der Waals surface area contributed by atoms with Crippen LogP contribution >= 0.6 is 0 Å². The van der Waals surface area contributed by atoms with Gasteiger partial charge in [-0.1, -0.05) is 23.8 Å². The lowest BCUT2D eigenvalue weighted by Gasteiger charge is -2.20. The van der Waals surface area contributed by atoms with Gasteiger partial charge in [-0.25, -0.2) is 0 Å². The molecule has 2 aromatic carbocycles. The summed E-state index contributed by atoms with van der Waals surface area (Å²) in [5.74, 6) is 2.23. The third-order valence-corrected chi connectivity index (χ3v) is 4.30. The molecule has 0 aliphatic carbocycles. The molecule has 0 heterocycles. The van der Waals surface area contributed by atoms with Crippen molar-refractivity contribution in [2.75, 3.05) is 21.3 Å². The van der Waals surface area contributed by atoms with Crippen LogP contribution in [0.3, 0.4) is 0 Å². The van der Waals surface area contributed by atoms with Crippen LogP contribution in [-0.4, -0.2) is 21.3 Å². The van der Waals surface area contributed by atoms with E-state index in [0.29, 0.717) is 6.54 Å². The van der Waals surface area contributed by atoms with Gasteiger partial charge >= 0.3 is 0 Å². The van der Waals surface area contributed by atoms with Crippen LogP contribution in [0.2, 0.25) is 0 Å². The number of benzene rings is 2. The van der Waals surface area contributed by atoms with Crippen LogP contribution in [0.5, 0.6) is 17.2 Å². The first-order chi connectivity index (χ1) is 11.5. The molecule has 2 rings (SSSR count). The normalized spacial score (nSPS) is 11.9. The van der Waals surface area contributed by atoms with Crippen LogP contribution < -0.4 is 19.5 Å². The van der Waals surface area contributed by atoms with E-state index in [0.717, 1.165) is 22.8 Å². The fraction of sp³-hybridized carbons (Fsp3) is 0.400. The van der Waals surface area contributed by atoms with E-state index in [1.165, 1.54) is 16.7 Å². The third-order valence-electron chi connectivity index (χ3n) is 4.30. The molecule has 0 aliphatic heterocycles. The summed E-state index contributed by atoms with van der Waals surface area (Å²) in [4.78, 5) is 0. The molecule has 2 aromatic rings. The smallest absolute Gasteiger partial charge is 0.130 e. The summed E-state index contributed by atoms with van der Waals surface area (Å²) in [6, 6.07) is 10.5. The molecule has 0 saturated heterocycles. The van der Waals surface area contributed by atoms with Crippen LogP contribution in [-0.2, 0) is 6.54 Å². The Morgan fingerprint density at radius 2 is 1.54 bits per heavy atom. The van der Waals surface area contributed by atoms with Crippen LogP contribution in [0.15, 0.2) is 30.3 Å². The first kappa shape index (κ1) is 18.1. The molecule has 0 saturated carbocycles. The van der Waals surface area contributed by atoms with Gasteiger partial charge in [0.2, 0.25) is 0 Å². The van der Waals surface area contributed by atoms with Crippen molar-refractivity contribution < 1.29 is 14.2 Å². The van der Waals surface area contributed by atoms with Crippen molar-refractivity contribution >= 4 is 0 Å². The molecule has 4 nitrogen and oxygen atoms in total. The number of hydrogen-bond donors (Lipinski definition) is 1. The second-order valence-electron chi connectivity index (χ2n) is 5.97. The largest absolute Gasteiger partial charge is 0.496 e. The van der Waals surface area contributed by atoms with Crippen molar-refractivity contribution in [3.63, 3.8) is 0 Å². The van der Waals surface area contributed by atoms with E-state index in [4.69, 9.17) is 14.2 Å². The van der Waals surface area contributed by atoms with E-state index >= 15 is 0 Å². The molecule has 0 fully saturated rings. The SMILES string of the molecule is COc1cc(OC)c(CN[C@@H](C)c2cc(C)ccc2C)c(OC)c1. The van der Waals surface area contributed by atoms with E-state index in [9.17, 15) is 0 Å². The zero-order chi connectivity index (χ0) is 17.7. The molecule has 24 heavy (non-hydrogen) atoms. The molecule has 0 spiro atoms. The summed E-state index contributed by atoms with van der Waals surface area (Å²) in [5.41, 5.74) is 4.84. The molecular formula is C20H27NO3. The van der Waals surface area contributed by atoms with Crippen LogP contribution in [0.25, 0.3) is 0 Å². The van der Waals surface area contributed by atoms with Gasteiger partial charge in [0.15, 0.2) is 0 Å². The van der Waals surface area contributed by atoms with Crippen molar-refractivity contribution in [1.29, 1.82) is 0 Å². The number of methoxy groups -OCH3 is 3. The van der Waals surface area contributed by atoms with E-state index in [2.05, 4.69) is 44.3 Å². The van der Waals surface area contributed by atoms with E-state index < -0.39 is 0 Å². The fourth-order valence-corrected chi connectivity index (χ4v) is 2.84. The highest BCUT2D eigenvalue weighted by Crippen LogP contribution is 2.34. The number of ether oxygens (including phenoxy) is 3. The van der Waals surface area contributed by atoms with Gasteiger partial charge in [-0.3, -0.25) is 0 Å². The molecule has 130 valence electrons. The van der Waals surface area contributed by atoms with Gasteiger partial charge in [0.1, 0.15) is 17.2 Å². The lowest BCUT2D eigenvalue weighted by Crippen LogP contribution is -2.20. The van der Waals surface area contributed by atoms with Gasteiger partial charge in [0.25, 0.3) is 0 Å². The third kappa shape index (κ3) is 4.01. The number of hydrogen-bond acceptors (Lipinski definition) is 4. The van der Waals surface area contributed by atoms with E-state index in [1.54, 1.807) is 21.3 Å². The minimum atomic E-state index is 0.224. The first-order valence-electron chi connectivity index (χ1n) is 8.09. The Morgan fingerprint density at radius 3 is 2.08 bits per heavy atom. The number of nitrogens with one attached hydrogen (secondary N) is 1. The van der Waals surface area contributed by atoms with Gasteiger partial charge in [-0.15, -0.1) is 0 Å². The second kappa shape index (κ2) is 8.06. The number of rotatable bonds is 7. The zero-order valence-electron chi connectivity index (χ0n) is 15.4. The predicted molar refractivity (Wildman–Crippen MR) is 97.3 cm³/mol. The lowest BCUT2D eigenvalue weighted by atomic mass is 9.99. The molecule has 4 heteroatoms. The Hall–Kier alpha value is -2.20. The topological polar surface area (TPSA) is 39.7 Å². The highest BCUT2D eigenvalue weighted by atomic mass is 16.5. The van der Waals surface area contributed by atoms with Crippen molar-refractivity contribution in [3.8, 4) is 17.2 Å². The van der Waals surface area contributed by atoms with E-state index in [-0.39, 0.29) is 6.04 Å².